The van der Waals surface area contributed by atoms with Crippen molar-refractivity contribution in [3.05, 3.63) is 28.2 Å². The van der Waals surface area contributed by atoms with Gasteiger partial charge in [-0.2, -0.15) is 0 Å². The maximum absolute atomic E-state index is 11.9. The molecular weight excluding hydrogens is 316 g/mol. The predicted octanol–water partition coefficient (Wildman–Crippen LogP) is 1.25. The van der Waals surface area contributed by atoms with Crippen molar-refractivity contribution in [2.45, 2.75) is 12.5 Å². The molecule has 0 saturated heterocycles. The number of halogens is 1. The highest BCUT2D eigenvalue weighted by molar-refractivity contribution is 9.10. The van der Waals surface area contributed by atoms with E-state index in [4.69, 9.17) is 15.6 Å². The third kappa shape index (κ3) is 4.53. The molecular formula is C12H15BrN2O4. The van der Waals surface area contributed by atoms with Crippen LogP contribution in [0.15, 0.2) is 22.7 Å². The van der Waals surface area contributed by atoms with Crippen LogP contribution in [0.3, 0.4) is 0 Å². The molecule has 0 aliphatic rings. The Labute approximate surface area is 119 Å². The van der Waals surface area contributed by atoms with E-state index in [0.717, 1.165) is 0 Å². The Kier molecular flexibility index (Phi) is 5.78. The van der Waals surface area contributed by atoms with Gasteiger partial charge < -0.3 is 20.9 Å². The van der Waals surface area contributed by atoms with Crippen LogP contribution in [0.1, 0.15) is 16.8 Å². The van der Waals surface area contributed by atoms with Crippen molar-refractivity contribution >= 4 is 33.5 Å². The largest absolute Gasteiger partial charge is 0.480 e. The summed E-state index contributed by atoms with van der Waals surface area (Å²) in [7, 11) is 1.47. The van der Waals surface area contributed by atoms with Crippen LogP contribution in [0, 0.1) is 0 Å². The summed E-state index contributed by atoms with van der Waals surface area (Å²) in [6, 6.07) is 3.66. The van der Waals surface area contributed by atoms with E-state index in [-0.39, 0.29) is 13.0 Å². The molecule has 1 atom stereocenters. The molecule has 19 heavy (non-hydrogen) atoms. The lowest BCUT2D eigenvalue weighted by molar-refractivity contribution is -0.139. The lowest BCUT2D eigenvalue weighted by Crippen LogP contribution is -2.41. The van der Waals surface area contributed by atoms with E-state index in [1.165, 1.54) is 13.2 Å². The summed E-state index contributed by atoms with van der Waals surface area (Å²) in [5.41, 5.74) is 6.46. The number of rotatable bonds is 6. The number of amides is 1. The Bertz CT molecular complexity index is 479. The van der Waals surface area contributed by atoms with E-state index in [1.54, 1.807) is 12.1 Å². The molecule has 1 rings (SSSR count). The first-order valence-corrected chi connectivity index (χ1v) is 6.32. The monoisotopic (exact) mass is 330 g/mol. The smallest absolute Gasteiger partial charge is 0.326 e. The highest BCUT2D eigenvalue weighted by atomic mass is 79.9. The van der Waals surface area contributed by atoms with Crippen molar-refractivity contribution in [3.8, 4) is 0 Å². The van der Waals surface area contributed by atoms with Gasteiger partial charge in [0, 0.05) is 35.9 Å². The second-order valence-electron chi connectivity index (χ2n) is 3.88. The Balaban J connectivity index is 2.75. The van der Waals surface area contributed by atoms with Crippen LogP contribution in [-0.2, 0) is 9.53 Å². The number of hydrogen-bond acceptors (Lipinski definition) is 4. The van der Waals surface area contributed by atoms with Crippen LogP contribution in [0.2, 0.25) is 0 Å². The molecule has 0 fully saturated rings. The standard InChI is InChI=1S/C12H15BrN2O4/c1-19-5-4-10(12(17)18)15-11(16)7-2-3-9(14)8(13)6-7/h2-3,6,10H,4-5,14H2,1H3,(H,15,16)(H,17,18). The first-order chi connectivity index (χ1) is 8.95. The summed E-state index contributed by atoms with van der Waals surface area (Å²) in [4.78, 5) is 22.9. The number of carbonyl (C=O) groups is 2. The topological polar surface area (TPSA) is 102 Å². The maximum Gasteiger partial charge on any atom is 0.326 e. The molecule has 0 aliphatic heterocycles. The van der Waals surface area contributed by atoms with Crippen LogP contribution in [0.4, 0.5) is 5.69 Å². The van der Waals surface area contributed by atoms with Crippen molar-refractivity contribution in [1.29, 1.82) is 0 Å². The minimum atomic E-state index is -1.10. The number of hydrogen-bond donors (Lipinski definition) is 3. The zero-order valence-corrected chi connectivity index (χ0v) is 11.9. The van der Waals surface area contributed by atoms with Gasteiger partial charge in [0.25, 0.3) is 5.91 Å². The minimum Gasteiger partial charge on any atom is -0.480 e. The van der Waals surface area contributed by atoms with Gasteiger partial charge in [-0.15, -0.1) is 0 Å². The van der Waals surface area contributed by atoms with Crippen molar-refractivity contribution in [2.75, 3.05) is 19.5 Å². The molecule has 0 saturated carbocycles. The fourth-order valence-electron chi connectivity index (χ4n) is 1.40. The number of methoxy groups -OCH3 is 1. The highest BCUT2D eigenvalue weighted by Crippen LogP contribution is 2.20. The lowest BCUT2D eigenvalue weighted by atomic mass is 10.1. The zero-order chi connectivity index (χ0) is 14.4. The molecule has 0 radical (unpaired) electrons. The van der Waals surface area contributed by atoms with Gasteiger partial charge in [-0.1, -0.05) is 0 Å². The van der Waals surface area contributed by atoms with Gasteiger partial charge in [-0.05, 0) is 34.1 Å². The Hall–Kier alpha value is -1.60. The zero-order valence-electron chi connectivity index (χ0n) is 10.4. The number of aliphatic carboxylic acids is 1. The van der Waals surface area contributed by atoms with Gasteiger partial charge in [0.05, 0.1) is 0 Å². The molecule has 4 N–H and O–H groups in total. The molecule has 0 aliphatic carbocycles. The summed E-state index contributed by atoms with van der Waals surface area (Å²) < 4.78 is 5.39. The summed E-state index contributed by atoms with van der Waals surface area (Å²) in [5.74, 6) is -1.57. The lowest BCUT2D eigenvalue weighted by Gasteiger charge is -2.14. The Morgan fingerprint density at radius 3 is 2.74 bits per heavy atom. The number of nitrogens with one attached hydrogen (secondary N) is 1. The summed E-state index contributed by atoms with van der Waals surface area (Å²) in [5, 5.41) is 11.4. The van der Waals surface area contributed by atoms with Gasteiger partial charge >= 0.3 is 5.97 Å². The van der Waals surface area contributed by atoms with E-state index in [9.17, 15) is 9.59 Å². The van der Waals surface area contributed by atoms with Crippen LogP contribution in [-0.4, -0.2) is 36.7 Å². The number of benzene rings is 1. The van der Waals surface area contributed by atoms with E-state index < -0.39 is 17.9 Å². The number of carbonyl (C=O) groups excluding carboxylic acids is 1. The quantitative estimate of drug-likeness (QED) is 0.681. The molecule has 1 unspecified atom stereocenters. The molecule has 0 aromatic heterocycles. The first kappa shape index (κ1) is 15.5. The highest BCUT2D eigenvalue weighted by Gasteiger charge is 2.20. The number of nitrogen functional groups attached to an aromatic ring is 1. The SMILES string of the molecule is COCCC(NC(=O)c1ccc(N)c(Br)c1)C(=O)O. The van der Waals surface area contributed by atoms with E-state index in [2.05, 4.69) is 21.2 Å². The molecule has 0 spiro atoms. The Morgan fingerprint density at radius 2 is 2.21 bits per heavy atom. The van der Waals surface area contributed by atoms with Crippen LogP contribution in [0.5, 0.6) is 0 Å². The van der Waals surface area contributed by atoms with E-state index in [0.29, 0.717) is 15.7 Å². The van der Waals surface area contributed by atoms with Crippen molar-refractivity contribution in [2.24, 2.45) is 0 Å². The molecule has 1 aromatic rings. The number of ether oxygens (including phenoxy) is 1. The normalized spacial score (nSPS) is 11.9. The van der Waals surface area contributed by atoms with Crippen LogP contribution in [0.25, 0.3) is 0 Å². The second kappa shape index (κ2) is 7.10. The van der Waals surface area contributed by atoms with E-state index in [1.807, 2.05) is 0 Å². The van der Waals surface area contributed by atoms with Gasteiger partial charge in [-0.3, -0.25) is 4.79 Å². The maximum atomic E-state index is 11.9. The Morgan fingerprint density at radius 1 is 1.53 bits per heavy atom. The van der Waals surface area contributed by atoms with Crippen molar-refractivity contribution in [3.63, 3.8) is 0 Å². The summed E-state index contributed by atoms with van der Waals surface area (Å²) >= 11 is 3.21. The molecule has 104 valence electrons. The second-order valence-corrected chi connectivity index (χ2v) is 4.74. The number of carboxylic acids is 1. The summed E-state index contributed by atoms with van der Waals surface area (Å²) in [6.07, 6.45) is 0.202. The molecule has 0 bridgehead atoms. The third-order valence-corrected chi connectivity index (χ3v) is 3.16. The predicted molar refractivity (Wildman–Crippen MR) is 73.9 cm³/mol. The molecule has 0 heterocycles. The third-order valence-electron chi connectivity index (χ3n) is 2.48. The van der Waals surface area contributed by atoms with Gasteiger partial charge in [0.1, 0.15) is 6.04 Å². The van der Waals surface area contributed by atoms with Crippen LogP contribution < -0.4 is 11.1 Å². The van der Waals surface area contributed by atoms with Gasteiger partial charge in [0.2, 0.25) is 0 Å². The first-order valence-electron chi connectivity index (χ1n) is 5.53. The van der Waals surface area contributed by atoms with Gasteiger partial charge in [-0.25, -0.2) is 4.79 Å². The van der Waals surface area contributed by atoms with E-state index >= 15 is 0 Å². The molecule has 6 nitrogen and oxygen atoms in total. The fourth-order valence-corrected chi connectivity index (χ4v) is 1.78. The molecule has 1 amide bonds. The van der Waals surface area contributed by atoms with Crippen molar-refractivity contribution < 1.29 is 19.4 Å². The summed E-state index contributed by atoms with van der Waals surface area (Å²) in [6.45, 7) is 0.253. The molecule has 7 heteroatoms. The fraction of sp³-hybridized carbons (Fsp3) is 0.333. The number of carboxylic acid groups (broad SMARTS) is 1. The van der Waals surface area contributed by atoms with Gasteiger partial charge in [0.15, 0.2) is 0 Å². The minimum absolute atomic E-state index is 0.202. The van der Waals surface area contributed by atoms with Crippen molar-refractivity contribution in [1.82, 2.24) is 5.32 Å². The number of nitrogens with two attached hydrogens (primary N) is 1. The average Bonchev–Trinajstić information content (AvgIpc) is 2.37. The molecule has 1 aromatic carbocycles. The average molecular weight is 331 g/mol. The number of anilines is 1. The van der Waals surface area contributed by atoms with Crippen LogP contribution >= 0.6 is 15.9 Å².